The number of nitrogens with zero attached hydrogens (tertiary/aromatic N) is 3. The molecule has 18 heavy (non-hydrogen) atoms. The van der Waals surface area contributed by atoms with Crippen molar-refractivity contribution in [1.29, 1.82) is 0 Å². The Balaban J connectivity index is 1.70. The van der Waals surface area contributed by atoms with E-state index in [1.165, 1.54) is 0 Å². The molecule has 0 unspecified atom stereocenters. The molecule has 0 saturated carbocycles. The van der Waals surface area contributed by atoms with Gasteiger partial charge >= 0.3 is 0 Å². The van der Waals surface area contributed by atoms with Crippen LogP contribution in [0.5, 0.6) is 0 Å². The van der Waals surface area contributed by atoms with Crippen LogP contribution in [0, 0.1) is 5.41 Å². The van der Waals surface area contributed by atoms with Gasteiger partial charge in [-0.15, -0.1) is 10.2 Å². The van der Waals surface area contributed by atoms with E-state index in [0.717, 1.165) is 56.9 Å². The highest BCUT2D eigenvalue weighted by atomic mass is 32.1. The van der Waals surface area contributed by atoms with Crippen molar-refractivity contribution in [2.75, 3.05) is 32.0 Å². The van der Waals surface area contributed by atoms with Crippen molar-refractivity contribution in [1.82, 2.24) is 15.1 Å². The first-order valence-electron chi connectivity index (χ1n) is 6.15. The molecule has 1 spiro atoms. The molecule has 1 aromatic heterocycles. The molecule has 0 aromatic carbocycles. The highest BCUT2D eigenvalue weighted by Crippen LogP contribution is 2.40. The molecule has 0 aliphatic carbocycles. The third-order valence-corrected chi connectivity index (χ3v) is 4.64. The molecule has 0 radical (unpaired) electrons. The fraction of sp³-hybridized carbons (Fsp3) is 0.727. The first-order chi connectivity index (χ1) is 8.69. The van der Waals surface area contributed by atoms with Crippen LogP contribution in [0.1, 0.15) is 29.1 Å². The van der Waals surface area contributed by atoms with Crippen LogP contribution in [0.2, 0.25) is 0 Å². The highest BCUT2D eigenvalue weighted by Gasteiger charge is 2.41. The summed E-state index contributed by atoms with van der Waals surface area (Å²) in [5.41, 5.74) is 5.78. The Morgan fingerprint density at radius 1 is 1.33 bits per heavy atom. The molecular weight excluding hydrogens is 252 g/mol. The van der Waals surface area contributed by atoms with E-state index in [1.807, 2.05) is 4.90 Å². The lowest BCUT2D eigenvalue weighted by Gasteiger charge is -2.32. The second kappa shape index (κ2) is 4.47. The van der Waals surface area contributed by atoms with Gasteiger partial charge in [0.1, 0.15) is 0 Å². The summed E-state index contributed by atoms with van der Waals surface area (Å²) in [6.07, 6.45) is 3.17. The summed E-state index contributed by atoms with van der Waals surface area (Å²) >= 11 is 1.16. The lowest BCUT2D eigenvalue weighted by Crippen LogP contribution is -2.35. The van der Waals surface area contributed by atoms with Gasteiger partial charge in [-0.25, -0.2) is 0 Å². The maximum atomic E-state index is 12.2. The molecule has 1 amide bonds. The Hall–Kier alpha value is -1.21. The van der Waals surface area contributed by atoms with Crippen molar-refractivity contribution in [3.8, 4) is 0 Å². The molecule has 2 N–H and O–H groups in total. The number of likely N-dealkylation sites (tertiary alicyclic amines) is 1. The van der Waals surface area contributed by atoms with Gasteiger partial charge in [0.2, 0.25) is 10.1 Å². The molecule has 2 saturated heterocycles. The topological polar surface area (TPSA) is 81.3 Å². The van der Waals surface area contributed by atoms with Crippen LogP contribution >= 0.6 is 11.3 Å². The van der Waals surface area contributed by atoms with Gasteiger partial charge in [-0.05, 0) is 24.7 Å². The number of nitrogens with two attached hydrogens (primary N) is 1. The third kappa shape index (κ3) is 2.08. The van der Waals surface area contributed by atoms with Crippen LogP contribution in [0.25, 0.3) is 0 Å². The zero-order chi connectivity index (χ0) is 12.6. The standard InChI is InChI=1S/C11H16N4O2S/c12-10-14-13-8(18-10)9(16)15-4-1-11(7-15)2-5-17-6-3-11/h1-7H2,(H2,12,14). The smallest absolute Gasteiger partial charge is 0.284 e. The van der Waals surface area contributed by atoms with E-state index in [-0.39, 0.29) is 11.3 Å². The normalized spacial score (nSPS) is 22.6. The summed E-state index contributed by atoms with van der Waals surface area (Å²) < 4.78 is 5.40. The van der Waals surface area contributed by atoms with E-state index in [1.54, 1.807) is 0 Å². The molecule has 0 bridgehead atoms. The van der Waals surface area contributed by atoms with Gasteiger partial charge in [0, 0.05) is 26.3 Å². The molecular formula is C11H16N4O2S. The number of hydrogen-bond donors (Lipinski definition) is 1. The van der Waals surface area contributed by atoms with Gasteiger partial charge in [0.15, 0.2) is 0 Å². The second-order valence-electron chi connectivity index (χ2n) is 5.03. The van der Waals surface area contributed by atoms with E-state index < -0.39 is 0 Å². The zero-order valence-electron chi connectivity index (χ0n) is 10.1. The molecule has 6 nitrogen and oxygen atoms in total. The molecule has 1 aromatic rings. The maximum absolute atomic E-state index is 12.2. The number of nitrogen functional groups attached to an aromatic ring is 1. The first-order valence-corrected chi connectivity index (χ1v) is 6.96. The molecule has 7 heteroatoms. The number of hydrogen-bond acceptors (Lipinski definition) is 6. The highest BCUT2D eigenvalue weighted by molar-refractivity contribution is 7.16. The summed E-state index contributed by atoms with van der Waals surface area (Å²) in [5.74, 6) is -0.0347. The Labute approximate surface area is 109 Å². The predicted molar refractivity (Wildman–Crippen MR) is 67.3 cm³/mol. The maximum Gasteiger partial charge on any atom is 0.284 e. The molecule has 0 atom stereocenters. The summed E-state index contributed by atoms with van der Waals surface area (Å²) in [7, 11) is 0. The Morgan fingerprint density at radius 2 is 2.11 bits per heavy atom. The Kier molecular flexibility index (Phi) is 2.95. The average molecular weight is 268 g/mol. The largest absolute Gasteiger partial charge is 0.381 e. The second-order valence-corrected chi connectivity index (χ2v) is 6.04. The number of carbonyl (C=O) groups excluding carboxylic acids is 1. The molecule has 98 valence electrons. The zero-order valence-corrected chi connectivity index (χ0v) is 10.9. The van der Waals surface area contributed by atoms with Crippen LogP contribution in [0.4, 0.5) is 5.13 Å². The predicted octanol–water partition coefficient (Wildman–Crippen LogP) is 0.763. The number of carbonyl (C=O) groups is 1. The summed E-state index contributed by atoms with van der Waals surface area (Å²) in [6, 6.07) is 0. The lowest BCUT2D eigenvalue weighted by molar-refractivity contribution is 0.0191. The van der Waals surface area contributed by atoms with Gasteiger partial charge < -0.3 is 15.4 Å². The minimum Gasteiger partial charge on any atom is -0.381 e. The first kappa shape index (κ1) is 11.9. The van der Waals surface area contributed by atoms with E-state index >= 15 is 0 Å². The van der Waals surface area contributed by atoms with Crippen molar-refractivity contribution < 1.29 is 9.53 Å². The fourth-order valence-corrected chi connectivity index (χ4v) is 3.36. The van der Waals surface area contributed by atoms with Crippen LogP contribution in [-0.2, 0) is 4.74 Å². The lowest BCUT2D eigenvalue weighted by atomic mass is 9.80. The van der Waals surface area contributed by atoms with E-state index in [0.29, 0.717) is 10.1 Å². The molecule has 3 rings (SSSR count). The van der Waals surface area contributed by atoms with E-state index in [2.05, 4.69) is 10.2 Å². The quantitative estimate of drug-likeness (QED) is 0.813. The van der Waals surface area contributed by atoms with Crippen LogP contribution in [0.3, 0.4) is 0 Å². The van der Waals surface area contributed by atoms with Crippen molar-refractivity contribution in [3.05, 3.63) is 5.01 Å². The summed E-state index contributed by atoms with van der Waals surface area (Å²) in [4.78, 5) is 14.1. The third-order valence-electron chi connectivity index (χ3n) is 3.90. The van der Waals surface area contributed by atoms with E-state index in [9.17, 15) is 4.79 Å². The van der Waals surface area contributed by atoms with Crippen LogP contribution < -0.4 is 5.73 Å². The van der Waals surface area contributed by atoms with Crippen molar-refractivity contribution in [2.24, 2.45) is 5.41 Å². The SMILES string of the molecule is Nc1nnc(C(=O)N2CCC3(CCOCC3)C2)s1. The number of aromatic nitrogens is 2. The Bertz CT molecular complexity index is 456. The minimum atomic E-state index is -0.0347. The van der Waals surface area contributed by atoms with Gasteiger partial charge in [-0.1, -0.05) is 11.3 Å². The van der Waals surface area contributed by atoms with Crippen LogP contribution in [-0.4, -0.2) is 47.3 Å². The number of anilines is 1. The summed E-state index contributed by atoms with van der Waals surface area (Å²) in [5, 5.41) is 8.26. The van der Waals surface area contributed by atoms with Gasteiger partial charge in [-0.3, -0.25) is 4.79 Å². The average Bonchev–Trinajstić information content (AvgIpc) is 2.97. The number of amides is 1. The molecule has 3 heterocycles. The monoisotopic (exact) mass is 268 g/mol. The Morgan fingerprint density at radius 3 is 2.78 bits per heavy atom. The summed E-state index contributed by atoms with van der Waals surface area (Å²) in [6.45, 7) is 3.24. The fourth-order valence-electron chi connectivity index (χ4n) is 2.78. The minimum absolute atomic E-state index is 0.0347. The molecule has 2 aliphatic heterocycles. The number of rotatable bonds is 1. The van der Waals surface area contributed by atoms with Gasteiger partial charge in [0.25, 0.3) is 5.91 Å². The molecule has 2 fully saturated rings. The van der Waals surface area contributed by atoms with Crippen molar-refractivity contribution in [2.45, 2.75) is 19.3 Å². The van der Waals surface area contributed by atoms with E-state index in [4.69, 9.17) is 10.5 Å². The van der Waals surface area contributed by atoms with Gasteiger partial charge in [-0.2, -0.15) is 0 Å². The van der Waals surface area contributed by atoms with Crippen molar-refractivity contribution in [3.63, 3.8) is 0 Å². The molecule has 2 aliphatic rings. The number of ether oxygens (including phenoxy) is 1. The van der Waals surface area contributed by atoms with Gasteiger partial charge in [0.05, 0.1) is 0 Å². The van der Waals surface area contributed by atoms with Crippen LogP contribution in [0.15, 0.2) is 0 Å². The van der Waals surface area contributed by atoms with Crippen molar-refractivity contribution >= 4 is 22.4 Å².